The molecule has 0 fully saturated rings. The summed E-state index contributed by atoms with van der Waals surface area (Å²) in [6.45, 7) is 5.95. The zero-order valence-corrected chi connectivity index (χ0v) is 19.5. The summed E-state index contributed by atoms with van der Waals surface area (Å²) in [5.41, 5.74) is 2.31. The van der Waals surface area contributed by atoms with E-state index in [0.717, 1.165) is 27.7 Å². The maximum atomic E-state index is 13.2. The van der Waals surface area contributed by atoms with Gasteiger partial charge >= 0.3 is 17.9 Å². The second kappa shape index (κ2) is 9.59. The Kier molecular flexibility index (Phi) is 6.58. The van der Waals surface area contributed by atoms with Crippen LogP contribution in [0.5, 0.6) is 0 Å². The molecule has 8 nitrogen and oxygen atoms in total. The van der Waals surface area contributed by atoms with Gasteiger partial charge < -0.3 is 24.5 Å². The number of ether oxygens (including phenoxy) is 3. The van der Waals surface area contributed by atoms with Crippen LogP contribution in [0.2, 0.25) is 0 Å². The van der Waals surface area contributed by atoms with Gasteiger partial charge in [-0.25, -0.2) is 9.59 Å². The first-order valence-electron chi connectivity index (χ1n) is 11.4. The van der Waals surface area contributed by atoms with Crippen molar-refractivity contribution in [2.45, 2.75) is 38.6 Å². The third-order valence-corrected chi connectivity index (χ3v) is 6.08. The summed E-state index contributed by atoms with van der Waals surface area (Å²) in [6, 6.07) is 14.0. The molecule has 0 bridgehead atoms. The largest absolute Gasteiger partial charge is 0.466 e. The molecule has 1 aromatic heterocycles. The van der Waals surface area contributed by atoms with E-state index in [-0.39, 0.29) is 26.2 Å². The van der Waals surface area contributed by atoms with Crippen LogP contribution in [-0.2, 0) is 29.2 Å². The number of benzene rings is 2. The van der Waals surface area contributed by atoms with E-state index >= 15 is 0 Å². The molecule has 2 N–H and O–H groups in total. The molecule has 178 valence electrons. The Balaban J connectivity index is 1.91. The van der Waals surface area contributed by atoms with Crippen LogP contribution in [0.15, 0.2) is 48.5 Å². The van der Waals surface area contributed by atoms with Gasteiger partial charge in [-0.1, -0.05) is 24.3 Å². The first-order valence-corrected chi connectivity index (χ1v) is 11.4. The number of aromatic amines is 1. The molecule has 2 heterocycles. The van der Waals surface area contributed by atoms with Crippen LogP contribution in [-0.4, -0.2) is 48.8 Å². The summed E-state index contributed by atoms with van der Waals surface area (Å²) in [7, 11) is 0. The smallest absolute Gasteiger partial charge is 0.354 e. The Labute approximate surface area is 197 Å². The maximum Gasteiger partial charge on any atom is 0.354 e. The van der Waals surface area contributed by atoms with Gasteiger partial charge in [0.25, 0.3) is 0 Å². The summed E-state index contributed by atoms with van der Waals surface area (Å²) < 4.78 is 15.8. The first-order chi connectivity index (χ1) is 16.4. The van der Waals surface area contributed by atoms with Gasteiger partial charge in [-0.05, 0) is 56.2 Å². The molecule has 0 saturated heterocycles. The summed E-state index contributed by atoms with van der Waals surface area (Å²) in [6.07, 6.45) is -0.0605. The molecular formula is C26H28N2O6. The number of H-pyrrole nitrogens is 1. The number of esters is 3. The Morgan fingerprint density at radius 3 is 2.38 bits per heavy atom. The molecule has 34 heavy (non-hydrogen) atoms. The first kappa shape index (κ1) is 23.4. The highest BCUT2D eigenvalue weighted by Crippen LogP contribution is 2.49. The molecule has 0 amide bonds. The number of rotatable bonds is 8. The zero-order valence-electron chi connectivity index (χ0n) is 19.5. The Hall–Kier alpha value is -3.81. The number of carbonyl (C=O) groups is 3. The Bertz CT molecular complexity index is 1230. The third-order valence-electron chi connectivity index (χ3n) is 6.08. The zero-order chi connectivity index (χ0) is 24.3. The molecule has 1 aliphatic rings. The fraction of sp³-hybridized carbons (Fsp3) is 0.346. The molecule has 1 aliphatic heterocycles. The van der Waals surface area contributed by atoms with E-state index < -0.39 is 29.4 Å². The molecule has 2 aromatic carbocycles. The second-order valence-electron chi connectivity index (χ2n) is 8.03. The minimum atomic E-state index is -1.06. The minimum absolute atomic E-state index is 0.0605. The Morgan fingerprint density at radius 2 is 1.65 bits per heavy atom. The summed E-state index contributed by atoms with van der Waals surface area (Å²) >= 11 is 0. The standard InChI is InChI=1S/C26H28N2O6/c1-4-32-22(29)15-26(18-9-7-8-10-20(18)28-23(26)25(31)34-6-3)17-11-12-19-16(13-17)14-21(27-19)24(30)33-5-2/h7-14,23,27-28H,4-6,15H2,1-3H3. The number of aromatic nitrogens is 1. The fourth-order valence-corrected chi connectivity index (χ4v) is 4.71. The van der Waals surface area contributed by atoms with Crippen LogP contribution in [0.4, 0.5) is 5.69 Å². The monoisotopic (exact) mass is 464 g/mol. The predicted molar refractivity (Wildman–Crippen MR) is 127 cm³/mol. The van der Waals surface area contributed by atoms with Crippen LogP contribution in [0.3, 0.4) is 0 Å². The summed E-state index contributed by atoms with van der Waals surface area (Å²) in [4.78, 5) is 41.3. The van der Waals surface area contributed by atoms with E-state index in [4.69, 9.17) is 14.2 Å². The number of anilines is 1. The molecule has 0 aliphatic carbocycles. The van der Waals surface area contributed by atoms with E-state index in [9.17, 15) is 14.4 Å². The van der Waals surface area contributed by atoms with Crippen molar-refractivity contribution in [3.63, 3.8) is 0 Å². The molecule has 3 aromatic rings. The molecule has 0 spiro atoms. The topological polar surface area (TPSA) is 107 Å². The van der Waals surface area contributed by atoms with Gasteiger partial charge in [0.05, 0.1) is 31.7 Å². The van der Waals surface area contributed by atoms with Crippen molar-refractivity contribution in [1.82, 2.24) is 4.98 Å². The lowest BCUT2D eigenvalue weighted by Gasteiger charge is -2.34. The number of nitrogens with one attached hydrogen (secondary N) is 2. The van der Waals surface area contributed by atoms with Gasteiger partial charge in [0.15, 0.2) is 0 Å². The maximum absolute atomic E-state index is 13.2. The number of hydrogen-bond donors (Lipinski definition) is 2. The molecular weight excluding hydrogens is 436 g/mol. The third kappa shape index (κ3) is 4.00. The average Bonchev–Trinajstić information content (AvgIpc) is 3.39. The normalized spacial score (nSPS) is 18.7. The SMILES string of the molecule is CCOC(=O)CC1(c2ccc3[nH]c(C(=O)OCC)cc3c2)c2ccccc2NC1C(=O)OCC. The van der Waals surface area contributed by atoms with Gasteiger partial charge in [-0.15, -0.1) is 0 Å². The van der Waals surface area contributed by atoms with Crippen molar-refractivity contribution >= 4 is 34.5 Å². The highest BCUT2D eigenvalue weighted by atomic mass is 16.5. The Morgan fingerprint density at radius 1 is 0.912 bits per heavy atom. The van der Waals surface area contributed by atoms with Crippen LogP contribution >= 0.6 is 0 Å². The summed E-state index contributed by atoms with van der Waals surface area (Å²) in [5, 5.41) is 4.04. The lowest BCUT2D eigenvalue weighted by Crippen LogP contribution is -2.48. The van der Waals surface area contributed by atoms with Crippen molar-refractivity contribution in [3.05, 3.63) is 65.4 Å². The minimum Gasteiger partial charge on any atom is -0.466 e. The molecule has 8 heteroatoms. The van der Waals surface area contributed by atoms with Gasteiger partial charge in [0, 0.05) is 16.6 Å². The van der Waals surface area contributed by atoms with Gasteiger partial charge in [-0.3, -0.25) is 4.79 Å². The molecule has 0 saturated carbocycles. The number of carbonyl (C=O) groups excluding carboxylic acids is 3. The van der Waals surface area contributed by atoms with Crippen molar-refractivity contribution in [1.29, 1.82) is 0 Å². The van der Waals surface area contributed by atoms with Crippen molar-refractivity contribution < 1.29 is 28.6 Å². The molecule has 2 unspecified atom stereocenters. The number of hydrogen-bond acceptors (Lipinski definition) is 7. The van der Waals surface area contributed by atoms with Gasteiger partial charge in [0.2, 0.25) is 0 Å². The van der Waals surface area contributed by atoms with E-state index in [1.807, 2.05) is 42.5 Å². The van der Waals surface area contributed by atoms with Crippen LogP contribution in [0.1, 0.15) is 48.8 Å². The van der Waals surface area contributed by atoms with Crippen LogP contribution < -0.4 is 5.32 Å². The van der Waals surface area contributed by atoms with Gasteiger partial charge in [-0.2, -0.15) is 0 Å². The highest BCUT2D eigenvalue weighted by molar-refractivity contribution is 5.96. The van der Waals surface area contributed by atoms with E-state index in [0.29, 0.717) is 5.69 Å². The van der Waals surface area contributed by atoms with Crippen LogP contribution in [0.25, 0.3) is 10.9 Å². The van der Waals surface area contributed by atoms with Crippen molar-refractivity contribution in [2.24, 2.45) is 0 Å². The second-order valence-corrected chi connectivity index (χ2v) is 8.03. The van der Waals surface area contributed by atoms with E-state index in [2.05, 4.69) is 10.3 Å². The average molecular weight is 465 g/mol. The number of para-hydroxylation sites is 1. The lowest BCUT2D eigenvalue weighted by atomic mass is 9.68. The lowest BCUT2D eigenvalue weighted by molar-refractivity contribution is -0.147. The molecule has 4 rings (SSSR count). The number of fused-ring (bicyclic) bond motifs is 2. The quantitative estimate of drug-likeness (QED) is 0.384. The molecule has 2 atom stereocenters. The van der Waals surface area contributed by atoms with Crippen LogP contribution in [0, 0.1) is 0 Å². The fourth-order valence-electron chi connectivity index (χ4n) is 4.71. The summed E-state index contributed by atoms with van der Waals surface area (Å²) in [5.74, 6) is -1.32. The predicted octanol–water partition coefficient (Wildman–Crippen LogP) is 3.94. The van der Waals surface area contributed by atoms with E-state index in [1.165, 1.54) is 0 Å². The van der Waals surface area contributed by atoms with Crippen molar-refractivity contribution in [3.8, 4) is 0 Å². The van der Waals surface area contributed by atoms with Gasteiger partial charge in [0.1, 0.15) is 11.7 Å². The highest BCUT2D eigenvalue weighted by Gasteiger charge is 2.54. The van der Waals surface area contributed by atoms with E-state index in [1.54, 1.807) is 26.8 Å². The van der Waals surface area contributed by atoms with Crippen molar-refractivity contribution in [2.75, 3.05) is 25.1 Å². The molecule has 0 radical (unpaired) electrons.